The number of fused-ring (bicyclic) bond motifs is 1. The van der Waals surface area contributed by atoms with Crippen LogP contribution in [-0.2, 0) is 13.2 Å². The zero-order valence-corrected chi connectivity index (χ0v) is 19.6. The number of rotatable bonds is 8. The Morgan fingerprint density at radius 2 is 1.67 bits per heavy atom. The maximum absolute atomic E-state index is 12.8. The van der Waals surface area contributed by atoms with Gasteiger partial charge in [-0.3, -0.25) is 4.79 Å². The van der Waals surface area contributed by atoms with E-state index in [0.717, 1.165) is 27.6 Å². The van der Waals surface area contributed by atoms with Crippen molar-refractivity contribution in [3.63, 3.8) is 0 Å². The molecule has 6 heteroatoms. The summed E-state index contributed by atoms with van der Waals surface area (Å²) in [4.78, 5) is 12.8. The number of hydrogen-bond acceptors (Lipinski definition) is 3. The van der Waals surface area contributed by atoms with E-state index >= 15 is 0 Å². The summed E-state index contributed by atoms with van der Waals surface area (Å²) in [6, 6.07) is 24.6. The molecule has 4 aromatic rings. The van der Waals surface area contributed by atoms with Gasteiger partial charge in [0.25, 0.3) is 5.91 Å². The fraction of sp³-hybridized carbons (Fsp3) is 0.148. The molecule has 1 amide bonds. The molecule has 33 heavy (non-hydrogen) atoms. The lowest BCUT2D eigenvalue weighted by Crippen LogP contribution is -2.23. The van der Waals surface area contributed by atoms with Crippen molar-refractivity contribution in [2.75, 3.05) is 6.61 Å². The highest BCUT2D eigenvalue weighted by molar-refractivity contribution is 6.35. The molecule has 0 unspecified atom stereocenters. The van der Waals surface area contributed by atoms with Gasteiger partial charge in [-0.05, 0) is 54.3 Å². The highest BCUT2D eigenvalue weighted by Crippen LogP contribution is 2.28. The fourth-order valence-corrected chi connectivity index (χ4v) is 4.02. The van der Waals surface area contributed by atoms with Crippen LogP contribution in [0.2, 0.25) is 10.0 Å². The Kier molecular flexibility index (Phi) is 7.38. The molecule has 4 aromatic carbocycles. The highest BCUT2D eigenvalue weighted by atomic mass is 35.5. The number of halogens is 2. The van der Waals surface area contributed by atoms with E-state index in [9.17, 15) is 4.79 Å². The Hall–Kier alpha value is -3.21. The van der Waals surface area contributed by atoms with E-state index in [4.69, 9.17) is 32.7 Å². The van der Waals surface area contributed by atoms with Gasteiger partial charge in [0.15, 0.2) is 0 Å². The molecule has 0 aliphatic rings. The lowest BCUT2D eigenvalue weighted by atomic mass is 10.1. The first-order valence-corrected chi connectivity index (χ1v) is 11.4. The van der Waals surface area contributed by atoms with Gasteiger partial charge >= 0.3 is 0 Å². The summed E-state index contributed by atoms with van der Waals surface area (Å²) in [7, 11) is 0. The quantitative estimate of drug-likeness (QED) is 0.294. The molecule has 4 rings (SSSR count). The van der Waals surface area contributed by atoms with Gasteiger partial charge in [-0.15, -0.1) is 0 Å². The second-order valence-electron chi connectivity index (χ2n) is 7.44. The van der Waals surface area contributed by atoms with Gasteiger partial charge in [0.05, 0.1) is 6.61 Å². The molecule has 0 bridgehead atoms. The number of nitrogens with one attached hydrogen (secondary N) is 1. The van der Waals surface area contributed by atoms with Crippen LogP contribution in [0.3, 0.4) is 0 Å². The Bertz CT molecular complexity index is 1280. The second kappa shape index (κ2) is 10.6. The summed E-state index contributed by atoms with van der Waals surface area (Å²) >= 11 is 12.2. The monoisotopic (exact) mass is 479 g/mol. The van der Waals surface area contributed by atoms with Gasteiger partial charge in [0.2, 0.25) is 0 Å². The van der Waals surface area contributed by atoms with E-state index < -0.39 is 0 Å². The van der Waals surface area contributed by atoms with Gasteiger partial charge < -0.3 is 14.8 Å². The summed E-state index contributed by atoms with van der Waals surface area (Å²) in [6.45, 7) is 3.01. The van der Waals surface area contributed by atoms with E-state index in [2.05, 4.69) is 5.32 Å². The van der Waals surface area contributed by atoms with Gasteiger partial charge in [-0.25, -0.2) is 0 Å². The second-order valence-corrected chi connectivity index (χ2v) is 8.28. The maximum atomic E-state index is 12.8. The van der Waals surface area contributed by atoms with Crippen LogP contribution in [-0.4, -0.2) is 12.5 Å². The fourth-order valence-electron chi connectivity index (χ4n) is 3.55. The summed E-state index contributed by atoms with van der Waals surface area (Å²) in [5, 5.41) is 6.11. The van der Waals surface area contributed by atoms with Crippen LogP contribution in [0.1, 0.15) is 28.4 Å². The average Bonchev–Trinajstić information content (AvgIpc) is 2.83. The number of carbonyl (C=O) groups excluding carboxylic acids is 1. The van der Waals surface area contributed by atoms with Crippen molar-refractivity contribution in [3.8, 4) is 11.5 Å². The van der Waals surface area contributed by atoms with Crippen molar-refractivity contribution >= 4 is 39.9 Å². The molecule has 0 heterocycles. The Morgan fingerprint density at radius 1 is 0.848 bits per heavy atom. The lowest BCUT2D eigenvalue weighted by molar-refractivity contribution is 0.0950. The van der Waals surface area contributed by atoms with Gasteiger partial charge in [-0.1, -0.05) is 65.7 Å². The van der Waals surface area contributed by atoms with Crippen LogP contribution in [0.5, 0.6) is 11.5 Å². The summed E-state index contributed by atoms with van der Waals surface area (Å²) in [5.74, 6) is 1.26. The molecule has 1 N–H and O–H groups in total. The van der Waals surface area contributed by atoms with Crippen molar-refractivity contribution in [1.82, 2.24) is 5.32 Å². The minimum Gasteiger partial charge on any atom is -0.493 e. The Balaban J connectivity index is 1.51. The zero-order chi connectivity index (χ0) is 23.2. The van der Waals surface area contributed by atoms with Crippen LogP contribution < -0.4 is 14.8 Å². The maximum Gasteiger partial charge on any atom is 0.251 e. The van der Waals surface area contributed by atoms with Crippen LogP contribution in [0.4, 0.5) is 0 Å². The molecule has 0 fully saturated rings. The molecule has 0 radical (unpaired) electrons. The van der Waals surface area contributed by atoms with Crippen LogP contribution >= 0.6 is 23.2 Å². The molecule has 0 spiro atoms. The minimum atomic E-state index is -0.213. The van der Waals surface area contributed by atoms with Crippen molar-refractivity contribution in [1.29, 1.82) is 0 Å². The molecule has 168 valence electrons. The Labute approximate surface area is 203 Å². The molecule has 4 nitrogen and oxygen atoms in total. The molecule has 0 atom stereocenters. The number of hydrogen-bond donors (Lipinski definition) is 1. The number of benzene rings is 4. The summed E-state index contributed by atoms with van der Waals surface area (Å²) in [5.41, 5.74) is 2.10. The molecule has 0 saturated heterocycles. The summed E-state index contributed by atoms with van der Waals surface area (Å²) < 4.78 is 11.9. The van der Waals surface area contributed by atoms with Gasteiger partial charge in [0, 0.05) is 33.1 Å². The Morgan fingerprint density at radius 3 is 2.48 bits per heavy atom. The SMILES string of the molecule is CCOc1ccc(C(=O)NCc2ccc(Cl)cc2Cl)cc1COc1cccc2ccccc12. The third kappa shape index (κ3) is 5.59. The van der Waals surface area contributed by atoms with E-state index in [1.54, 1.807) is 36.4 Å². The zero-order valence-electron chi connectivity index (χ0n) is 18.1. The van der Waals surface area contributed by atoms with Crippen molar-refractivity contribution in [3.05, 3.63) is 106 Å². The van der Waals surface area contributed by atoms with Gasteiger partial charge in [-0.2, -0.15) is 0 Å². The molecule has 0 saturated carbocycles. The third-order valence-corrected chi connectivity index (χ3v) is 5.80. The third-order valence-electron chi connectivity index (χ3n) is 5.21. The topological polar surface area (TPSA) is 47.6 Å². The number of ether oxygens (including phenoxy) is 2. The van der Waals surface area contributed by atoms with Crippen molar-refractivity contribution in [2.24, 2.45) is 0 Å². The van der Waals surface area contributed by atoms with Crippen molar-refractivity contribution < 1.29 is 14.3 Å². The minimum absolute atomic E-state index is 0.213. The van der Waals surface area contributed by atoms with Crippen LogP contribution in [0.25, 0.3) is 10.8 Å². The first-order valence-electron chi connectivity index (χ1n) is 10.6. The number of amides is 1. The van der Waals surface area contributed by atoms with Gasteiger partial charge in [0.1, 0.15) is 18.1 Å². The molecule has 0 aliphatic heterocycles. The summed E-state index contributed by atoms with van der Waals surface area (Å²) in [6.07, 6.45) is 0. The average molecular weight is 480 g/mol. The largest absolute Gasteiger partial charge is 0.493 e. The van der Waals surface area contributed by atoms with Crippen molar-refractivity contribution in [2.45, 2.75) is 20.1 Å². The van der Waals surface area contributed by atoms with Crippen LogP contribution in [0, 0.1) is 0 Å². The first kappa shape index (κ1) is 23.0. The van der Waals surface area contributed by atoms with E-state index in [1.807, 2.05) is 49.4 Å². The predicted octanol–water partition coefficient (Wildman–Crippen LogP) is 7.05. The molecular weight excluding hydrogens is 457 g/mol. The first-order chi connectivity index (χ1) is 16.0. The van der Waals surface area contributed by atoms with Crippen LogP contribution in [0.15, 0.2) is 78.9 Å². The highest BCUT2D eigenvalue weighted by Gasteiger charge is 2.13. The normalized spacial score (nSPS) is 10.8. The van der Waals surface area contributed by atoms with E-state index in [0.29, 0.717) is 34.5 Å². The van der Waals surface area contributed by atoms with E-state index in [-0.39, 0.29) is 12.5 Å². The smallest absolute Gasteiger partial charge is 0.251 e. The predicted molar refractivity (Wildman–Crippen MR) is 134 cm³/mol. The lowest BCUT2D eigenvalue weighted by Gasteiger charge is -2.15. The molecular formula is C27H23Cl2NO3. The number of carbonyl (C=O) groups is 1. The standard InChI is InChI=1S/C27H23Cl2NO3/c1-2-32-25-13-11-19(27(31)30-16-20-10-12-22(28)15-24(20)29)14-21(25)17-33-26-9-5-7-18-6-3-4-8-23(18)26/h3-15H,2,16-17H2,1H3,(H,30,31). The molecule has 0 aromatic heterocycles. The molecule has 0 aliphatic carbocycles. The van der Waals surface area contributed by atoms with E-state index in [1.165, 1.54) is 0 Å².